The van der Waals surface area contributed by atoms with Crippen LogP contribution in [0, 0.1) is 19.0 Å². The Kier molecular flexibility index (Phi) is 5.62. The maximum Gasteiger partial charge on any atom is 2.00 e. The van der Waals surface area contributed by atoms with Gasteiger partial charge in [0.2, 0.25) is 0 Å². The molecule has 6 aromatic rings. The van der Waals surface area contributed by atoms with Crippen LogP contribution in [0.15, 0.2) is 85.2 Å². The molecular weight excluding hydrogens is 736 g/mol. The van der Waals surface area contributed by atoms with E-state index in [4.69, 9.17) is 8.22 Å². The van der Waals surface area contributed by atoms with E-state index in [1.807, 2.05) is 20.8 Å². The van der Waals surface area contributed by atoms with Crippen LogP contribution in [-0.2, 0) is 32.4 Å². The predicted molar refractivity (Wildman–Crippen MR) is 166 cm³/mol. The van der Waals surface area contributed by atoms with Gasteiger partial charge in [0.15, 0.2) is 6.98 Å². The molecule has 8 heteroatoms. The summed E-state index contributed by atoms with van der Waals surface area (Å²) in [5.41, 5.74) is 1.50. The van der Waals surface area contributed by atoms with Gasteiger partial charge >= 0.3 is 27.1 Å². The Morgan fingerprint density at radius 3 is 2.48 bits per heavy atom. The molecule has 0 atom stereocenters. The molecule has 3 aromatic heterocycles. The van der Waals surface area contributed by atoms with Crippen molar-refractivity contribution in [3.63, 3.8) is 0 Å². The predicted octanol–water partition coefficient (Wildman–Crippen LogP) is 8.21. The topological polar surface area (TPSA) is 36.7 Å². The van der Waals surface area contributed by atoms with Crippen LogP contribution in [0.2, 0.25) is 0 Å². The first kappa shape index (κ1) is 23.1. The van der Waals surface area contributed by atoms with Crippen molar-refractivity contribution in [2.75, 3.05) is 6.98 Å². The Hall–Kier alpha value is -4.31. The van der Waals surface area contributed by atoms with Gasteiger partial charge in [-0.2, -0.15) is 18.2 Å². The molecule has 1 aliphatic rings. The molecule has 0 saturated heterocycles. The summed E-state index contributed by atoms with van der Waals surface area (Å²) in [6, 6.07) is 27.7. The van der Waals surface area contributed by atoms with Gasteiger partial charge in [-0.25, -0.2) is 13.8 Å². The monoisotopic (exact) mass is 770 g/mol. The largest absolute Gasteiger partial charge is 2.00 e. The minimum atomic E-state index is -3.63. The number of halogens is 2. The molecule has 1 aliphatic heterocycles. The number of aromatic nitrogens is 3. The van der Waals surface area contributed by atoms with Crippen molar-refractivity contribution in [1.82, 2.24) is 19.1 Å². The molecule has 0 fully saturated rings. The van der Waals surface area contributed by atoms with Crippen molar-refractivity contribution in [2.45, 2.75) is 39.0 Å². The Bertz CT molecular complexity index is 2390. The fourth-order valence-electron chi connectivity index (χ4n) is 5.37. The summed E-state index contributed by atoms with van der Waals surface area (Å²) < 4.78 is 85.6. The minimum Gasteiger partial charge on any atom is -0.318 e. The van der Waals surface area contributed by atoms with Gasteiger partial charge < -0.3 is 4.57 Å². The molecule has 44 heavy (non-hydrogen) atoms. The molecule has 0 radical (unpaired) electrons. The molecule has 0 saturated carbocycles. The van der Waals surface area contributed by atoms with Crippen LogP contribution < -0.4 is 4.58 Å². The third-order valence-corrected chi connectivity index (χ3v) is 7.61. The van der Waals surface area contributed by atoms with Gasteiger partial charge in [0, 0.05) is 34.2 Å². The number of hydrogen-bond acceptors (Lipinski definition) is 2. The third-order valence-electron chi connectivity index (χ3n) is 7.61. The van der Waals surface area contributed by atoms with Crippen molar-refractivity contribution < 1.29 is 42.6 Å². The maximum absolute atomic E-state index is 16.9. The molecule has 4 heterocycles. The van der Waals surface area contributed by atoms with E-state index >= 15 is 8.78 Å². The van der Waals surface area contributed by atoms with E-state index in [0.717, 1.165) is 4.58 Å². The summed E-state index contributed by atoms with van der Waals surface area (Å²) in [6.07, 6.45) is 2.96. The van der Waals surface area contributed by atoms with E-state index in [1.165, 1.54) is 35.0 Å². The summed E-state index contributed by atoms with van der Waals surface area (Å²) in [6.45, 7) is 0.733. The van der Waals surface area contributed by atoms with E-state index in [-0.39, 0.29) is 43.7 Å². The van der Waals surface area contributed by atoms with E-state index < -0.39 is 36.3 Å². The van der Waals surface area contributed by atoms with Gasteiger partial charge in [0.25, 0.3) is 17.3 Å². The number of fused-ring (bicyclic) bond motifs is 4. The molecule has 3 aromatic carbocycles. The van der Waals surface area contributed by atoms with Crippen LogP contribution in [0.4, 0.5) is 25.8 Å². The average molecular weight is 771 g/mol. The molecule has 0 amide bonds. The number of alkyl halides is 2. The first-order chi connectivity index (χ1) is 22.9. The number of para-hydroxylation sites is 2. The Morgan fingerprint density at radius 2 is 1.70 bits per heavy atom. The minimum absolute atomic E-state index is 0. The average Bonchev–Trinajstić information content (AvgIpc) is 3.60. The second-order valence-electron chi connectivity index (χ2n) is 11.5. The molecule has 0 N–H and O–H groups in total. The number of nitrogens with zero attached hydrogens (tertiary/aromatic N) is 5. The van der Waals surface area contributed by atoms with E-state index in [1.54, 1.807) is 59.3 Å². The molecular formula is C36H29F2N5Pt+2. The van der Waals surface area contributed by atoms with Gasteiger partial charge in [0.05, 0.1) is 5.52 Å². The first-order valence-corrected chi connectivity index (χ1v) is 13.7. The van der Waals surface area contributed by atoms with Crippen LogP contribution in [0.1, 0.15) is 51.2 Å². The van der Waals surface area contributed by atoms with E-state index in [0.29, 0.717) is 33.4 Å². The molecule has 0 spiro atoms. The Balaban J connectivity index is 0.00000432. The third kappa shape index (κ3) is 4.81. The second kappa shape index (κ2) is 10.7. The Labute approximate surface area is 277 Å². The van der Waals surface area contributed by atoms with Gasteiger partial charge in [-0.05, 0) is 42.1 Å². The zero-order valence-corrected chi connectivity index (χ0v) is 26.2. The number of rotatable bonds is 4. The maximum atomic E-state index is 16.9. The van der Waals surface area contributed by atoms with Crippen molar-refractivity contribution in [3.05, 3.63) is 120 Å². The summed E-state index contributed by atoms with van der Waals surface area (Å²) >= 11 is 0. The van der Waals surface area contributed by atoms with Gasteiger partial charge in [-0.1, -0.05) is 76.2 Å². The van der Waals surface area contributed by atoms with Crippen molar-refractivity contribution >= 4 is 45.0 Å². The normalized spacial score (nSPS) is 15.7. The zero-order chi connectivity index (χ0) is 35.1. The van der Waals surface area contributed by atoms with Gasteiger partial charge in [0.1, 0.15) is 15.6 Å². The van der Waals surface area contributed by atoms with Crippen LogP contribution in [0.3, 0.4) is 0 Å². The SMILES string of the molecule is [2H]C([2H])([2H])c1ccnc(-n2c3[c-]c(C(F)(F)c4[c-]c([N+]5=C=[N+](C([2H])([2H])[2H])c6ccccc65)cc(C(C)(C)C)c4)ccc3c3ncccc32)c1.[Pt+2]. The van der Waals surface area contributed by atoms with Crippen molar-refractivity contribution in [1.29, 1.82) is 0 Å². The second-order valence-corrected chi connectivity index (χ2v) is 11.5. The molecule has 7 rings (SSSR count). The summed E-state index contributed by atoms with van der Waals surface area (Å²) in [5, 5.41) is 0.534. The summed E-state index contributed by atoms with van der Waals surface area (Å²) in [4.78, 5) is 8.88. The number of aryl methyl sites for hydroxylation is 1. The molecule has 0 bridgehead atoms. The molecule has 5 nitrogen and oxygen atoms in total. The fraction of sp³-hybridized carbons (Fsp3) is 0.194. The molecule has 220 valence electrons. The number of hydrogen-bond donors (Lipinski definition) is 0. The quantitative estimate of drug-likeness (QED) is 0.134. The van der Waals surface area contributed by atoms with Gasteiger partial charge in [-0.15, -0.1) is 11.6 Å². The van der Waals surface area contributed by atoms with Gasteiger partial charge in [-0.3, -0.25) is 4.98 Å². The number of pyridine rings is 2. The summed E-state index contributed by atoms with van der Waals surface area (Å²) in [7, 11) is 0. The smallest absolute Gasteiger partial charge is 0.318 e. The molecule has 0 unspecified atom stereocenters. The zero-order valence-electron chi connectivity index (χ0n) is 29.9. The van der Waals surface area contributed by atoms with E-state index in [9.17, 15) is 0 Å². The van der Waals surface area contributed by atoms with Crippen molar-refractivity contribution in [3.8, 4) is 5.82 Å². The van der Waals surface area contributed by atoms with Crippen LogP contribution >= 0.6 is 0 Å². The Morgan fingerprint density at radius 1 is 0.886 bits per heavy atom. The standard InChI is InChI=1S/C36H29F2N5.Pt/c1-23-14-16-39-33(17-23)43-31-11-8-15-40-34(31)28-13-12-24(21-32(28)43)36(37,38)26-18-25(35(2,3)4)19-27(20-26)42-22-41(5)29-9-6-7-10-30(29)42;/h6-19H,1-5H3;/q;+2/i1D3,5D3;. The fourth-order valence-corrected chi connectivity index (χ4v) is 5.37. The van der Waals surface area contributed by atoms with Crippen molar-refractivity contribution in [2.24, 2.45) is 0 Å². The van der Waals surface area contributed by atoms with Crippen LogP contribution in [0.25, 0.3) is 27.8 Å². The van der Waals surface area contributed by atoms with Crippen LogP contribution in [-0.4, -0.2) is 32.1 Å². The summed E-state index contributed by atoms with van der Waals surface area (Å²) in [5.74, 6) is -3.41. The number of benzene rings is 3. The first-order valence-electron chi connectivity index (χ1n) is 16.7. The van der Waals surface area contributed by atoms with Crippen LogP contribution in [0.5, 0.6) is 0 Å². The molecule has 0 aliphatic carbocycles. The van der Waals surface area contributed by atoms with E-state index in [2.05, 4.69) is 28.1 Å².